The highest BCUT2D eigenvalue weighted by molar-refractivity contribution is 5.77. The smallest absolute Gasteiger partial charge is 0.188 e. The van der Waals surface area contributed by atoms with Gasteiger partial charge in [-0.3, -0.25) is 4.99 Å². The van der Waals surface area contributed by atoms with Crippen LogP contribution in [0.1, 0.15) is 52.4 Å². The molecule has 1 spiro atoms. The third-order valence-corrected chi connectivity index (χ3v) is 3.92. The van der Waals surface area contributed by atoms with E-state index in [0.717, 1.165) is 19.4 Å². The van der Waals surface area contributed by atoms with Gasteiger partial charge in [-0.25, -0.2) is 0 Å². The Balaban J connectivity index is 1.74. The number of guanidine groups is 1. The molecule has 1 unspecified atom stereocenters. The van der Waals surface area contributed by atoms with Crippen LogP contribution in [-0.2, 0) is 9.47 Å². The highest BCUT2D eigenvalue weighted by atomic mass is 16.7. The standard InChI is InChI=1S/C15H29N3O2/c1-12(2)9-17-14(16)18-10-13-11-19-15(20-13)7-5-3-4-6-8-15/h12-13H,3-11H2,1-2H3,(H3,16,17,18). The van der Waals surface area contributed by atoms with Crippen LogP contribution in [0.25, 0.3) is 0 Å². The van der Waals surface area contributed by atoms with E-state index < -0.39 is 0 Å². The first-order valence-corrected chi connectivity index (χ1v) is 7.95. The maximum atomic E-state index is 6.15. The van der Waals surface area contributed by atoms with Gasteiger partial charge < -0.3 is 20.5 Å². The van der Waals surface area contributed by atoms with Crippen LogP contribution in [0.3, 0.4) is 0 Å². The lowest BCUT2D eigenvalue weighted by Crippen LogP contribution is -2.39. The molecule has 3 N–H and O–H groups in total. The highest BCUT2D eigenvalue weighted by Gasteiger charge is 2.41. The van der Waals surface area contributed by atoms with Crippen LogP contribution < -0.4 is 11.1 Å². The van der Waals surface area contributed by atoms with Gasteiger partial charge in [0.2, 0.25) is 0 Å². The molecule has 1 heterocycles. The molecular weight excluding hydrogens is 254 g/mol. The number of nitrogens with two attached hydrogens (primary N) is 1. The van der Waals surface area contributed by atoms with Crippen molar-refractivity contribution in [3.05, 3.63) is 0 Å². The van der Waals surface area contributed by atoms with E-state index in [0.29, 0.717) is 25.0 Å². The zero-order valence-electron chi connectivity index (χ0n) is 12.9. The van der Waals surface area contributed by atoms with Crippen molar-refractivity contribution in [2.24, 2.45) is 16.6 Å². The third kappa shape index (κ3) is 4.63. The zero-order valence-corrected chi connectivity index (χ0v) is 12.9. The van der Waals surface area contributed by atoms with E-state index in [4.69, 9.17) is 15.2 Å². The van der Waals surface area contributed by atoms with E-state index in [9.17, 15) is 0 Å². The number of nitrogens with one attached hydrogen (secondary N) is 1. The third-order valence-electron chi connectivity index (χ3n) is 3.92. The molecule has 0 bridgehead atoms. The summed E-state index contributed by atoms with van der Waals surface area (Å²) >= 11 is 0. The summed E-state index contributed by atoms with van der Waals surface area (Å²) in [6.45, 7) is 6.34. The molecule has 1 saturated carbocycles. The molecular formula is C15H29N3O2. The van der Waals surface area contributed by atoms with Crippen LogP contribution in [0.4, 0.5) is 0 Å². The van der Waals surface area contributed by atoms with E-state index in [2.05, 4.69) is 24.2 Å². The van der Waals surface area contributed by atoms with Crippen molar-refractivity contribution in [3.8, 4) is 0 Å². The molecule has 5 nitrogen and oxygen atoms in total. The number of rotatable bonds is 4. The van der Waals surface area contributed by atoms with Crippen molar-refractivity contribution in [2.45, 2.75) is 64.3 Å². The fourth-order valence-corrected chi connectivity index (χ4v) is 2.80. The zero-order chi connectivity index (χ0) is 14.4. The fourth-order valence-electron chi connectivity index (χ4n) is 2.80. The van der Waals surface area contributed by atoms with Crippen LogP contribution in [0.2, 0.25) is 0 Å². The summed E-state index contributed by atoms with van der Waals surface area (Å²) in [5, 5.41) is 3.14. The van der Waals surface area contributed by atoms with Crippen LogP contribution in [0.15, 0.2) is 4.99 Å². The first-order chi connectivity index (χ1) is 9.60. The second-order valence-electron chi connectivity index (χ2n) is 6.38. The molecule has 2 fully saturated rings. The minimum Gasteiger partial charge on any atom is -0.370 e. The molecule has 0 amide bonds. The largest absolute Gasteiger partial charge is 0.370 e. The lowest BCUT2D eigenvalue weighted by atomic mass is 10.1. The number of aliphatic imine (C=N–C) groups is 1. The molecule has 1 aliphatic heterocycles. The molecule has 2 rings (SSSR count). The number of hydrogen-bond acceptors (Lipinski definition) is 3. The van der Waals surface area contributed by atoms with Crippen molar-refractivity contribution in [1.29, 1.82) is 0 Å². The summed E-state index contributed by atoms with van der Waals surface area (Å²) in [4.78, 5) is 4.29. The van der Waals surface area contributed by atoms with Gasteiger partial charge in [0.15, 0.2) is 11.7 Å². The molecule has 1 atom stereocenters. The lowest BCUT2D eigenvalue weighted by molar-refractivity contribution is -0.175. The fraction of sp³-hybridized carbons (Fsp3) is 0.933. The molecule has 0 radical (unpaired) electrons. The summed E-state index contributed by atoms with van der Waals surface area (Å²) < 4.78 is 12.1. The Morgan fingerprint density at radius 3 is 2.65 bits per heavy atom. The van der Waals surface area contributed by atoms with Crippen molar-refractivity contribution in [2.75, 3.05) is 19.7 Å². The van der Waals surface area contributed by atoms with E-state index in [1.165, 1.54) is 25.7 Å². The topological polar surface area (TPSA) is 68.9 Å². The van der Waals surface area contributed by atoms with Gasteiger partial charge in [0.05, 0.1) is 6.61 Å². The van der Waals surface area contributed by atoms with Crippen LogP contribution in [-0.4, -0.2) is 37.5 Å². The quantitative estimate of drug-likeness (QED) is 0.612. The molecule has 0 aromatic rings. The molecule has 116 valence electrons. The number of nitrogens with zero attached hydrogens (tertiary/aromatic N) is 1. The maximum Gasteiger partial charge on any atom is 0.188 e. The van der Waals surface area contributed by atoms with E-state index in [-0.39, 0.29) is 11.9 Å². The average Bonchev–Trinajstić information content (AvgIpc) is 2.66. The van der Waals surface area contributed by atoms with Crippen molar-refractivity contribution in [1.82, 2.24) is 5.32 Å². The molecule has 1 saturated heterocycles. The van der Waals surface area contributed by atoms with Gasteiger partial charge >= 0.3 is 0 Å². The Hall–Kier alpha value is -0.810. The monoisotopic (exact) mass is 283 g/mol. The van der Waals surface area contributed by atoms with E-state index >= 15 is 0 Å². The van der Waals surface area contributed by atoms with Gasteiger partial charge in [-0.05, 0) is 18.8 Å². The SMILES string of the molecule is CC(C)CN=C(N)NCC1COC2(CCCCCC2)O1. The Kier molecular flexibility index (Phi) is 5.66. The van der Waals surface area contributed by atoms with Crippen LogP contribution in [0, 0.1) is 5.92 Å². The second kappa shape index (κ2) is 7.27. The number of hydrogen-bond donors (Lipinski definition) is 2. The van der Waals surface area contributed by atoms with Gasteiger partial charge in [-0.2, -0.15) is 0 Å². The Labute approximate surface area is 122 Å². The maximum absolute atomic E-state index is 6.15. The Bertz CT molecular complexity index is 323. The van der Waals surface area contributed by atoms with Gasteiger partial charge in [-0.15, -0.1) is 0 Å². The molecule has 0 aromatic carbocycles. The lowest BCUT2D eigenvalue weighted by Gasteiger charge is -2.26. The summed E-state index contributed by atoms with van der Waals surface area (Å²) in [6.07, 6.45) is 7.15. The average molecular weight is 283 g/mol. The van der Waals surface area contributed by atoms with Crippen LogP contribution >= 0.6 is 0 Å². The summed E-state index contributed by atoms with van der Waals surface area (Å²) in [5.74, 6) is 0.715. The first kappa shape index (κ1) is 15.6. The van der Waals surface area contributed by atoms with E-state index in [1.807, 2.05) is 0 Å². The van der Waals surface area contributed by atoms with Crippen LogP contribution in [0.5, 0.6) is 0 Å². The highest BCUT2D eigenvalue weighted by Crippen LogP contribution is 2.36. The Morgan fingerprint density at radius 1 is 1.30 bits per heavy atom. The van der Waals surface area contributed by atoms with Gasteiger partial charge in [0.25, 0.3) is 0 Å². The van der Waals surface area contributed by atoms with Gasteiger partial charge in [-0.1, -0.05) is 26.7 Å². The molecule has 20 heavy (non-hydrogen) atoms. The predicted molar refractivity (Wildman–Crippen MR) is 80.6 cm³/mol. The first-order valence-electron chi connectivity index (χ1n) is 7.95. The van der Waals surface area contributed by atoms with Gasteiger partial charge in [0.1, 0.15) is 6.10 Å². The molecule has 2 aliphatic rings. The van der Waals surface area contributed by atoms with Crippen molar-refractivity contribution >= 4 is 5.96 Å². The minimum absolute atomic E-state index is 0.0842. The summed E-state index contributed by atoms with van der Waals surface area (Å²) in [7, 11) is 0. The summed E-state index contributed by atoms with van der Waals surface area (Å²) in [5.41, 5.74) is 5.84. The van der Waals surface area contributed by atoms with E-state index in [1.54, 1.807) is 0 Å². The second-order valence-corrected chi connectivity index (χ2v) is 6.38. The molecule has 0 aromatic heterocycles. The predicted octanol–water partition coefficient (Wildman–Crippen LogP) is 2.01. The van der Waals surface area contributed by atoms with Gasteiger partial charge in [0, 0.05) is 25.9 Å². The Morgan fingerprint density at radius 2 is 2.00 bits per heavy atom. The van der Waals surface area contributed by atoms with Crippen molar-refractivity contribution in [3.63, 3.8) is 0 Å². The molecule has 5 heteroatoms. The minimum atomic E-state index is -0.313. The van der Waals surface area contributed by atoms with Crippen molar-refractivity contribution < 1.29 is 9.47 Å². The number of ether oxygens (including phenoxy) is 2. The normalized spacial score (nSPS) is 26.9. The molecule has 1 aliphatic carbocycles. The summed E-state index contributed by atoms with van der Waals surface area (Å²) in [6, 6.07) is 0.